The van der Waals surface area contributed by atoms with E-state index < -0.39 is 0 Å². The molecule has 2 aromatic rings. The first-order valence-electron chi connectivity index (χ1n) is 5.03. The fraction of sp³-hybridized carbons (Fsp3) is 0.143. The molecule has 0 nitrogen and oxygen atoms in total. The van der Waals surface area contributed by atoms with Crippen molar-refractivity contribution >= 4 is 37.7 Å². The Morgan fingerprint density at radius 1 is 0.500 bits per heavy atom. The van der Waals surface area contributed by atoms with Crippen molar-refractivity contribution < 1.29 is 0 Å². The van der Waals surface area contributed by atoms with Crippen LogP contribution in [0.15, 0.2) is 60.7 Å². The first kappa shape index (κ1) is 15.6. The molecule has 16 heavy (non-hydrogen) atoms. The molecular formula is C14H16Li2. The van der Waals surface area contributed by atoms with Crippen LogP contribution in [0, 0.1) is 0 Å². The van der Waals surface area contributed by atoms with E-state index in [1.54, 1.807) is 0 Å². The van der Waals surface area contributed by atoms with Crippen LogP contribution in [-0.4, -0.2) is 37.7 Å². The minimum atomic E-state index is 0. The van der Waals surface area contributed by atoms with Crippen molar-refractivity contribution in [2.24, 2.45) is 0 Å². The van der Waals surface area contributed by atoms with Gasteiger partial charge in [-0.1, -0.05) is 60.7 Å². The zero-order valence-corrected chi connectivity index (χ0v) is 8.19. The molecule has 0 radical (unpaired) electrons. The van der Waals surface area contributed by atoms with Crippen LogP contribution in [0.4, 0.5) is 0 Å². The van der Waals surface area contributed by atoms with E-state index in [0.29, 0.717) is 0 Å². The van der Waals surface area contributed by atoms with E-state index in [2.05, 4.69) is 60.7 Å². The minimum absolute atomic E-state index is 0. The molecular weight excluding hydrogens is 182 g/mol. The number of aryl methyl sites for hydroxylation is 2. The maximum atomic E-state index is 2.18. The second kappa shape index (κ2) is 8.75. The average molecular weight is 198 g/mol. The zero-order valence-electron chi connectivity index (χ0n) is 8.19. The first-order chi connectivity index (χ1) is 6.95. The largest absolute Gasteiger partial charge is 0.0622 e. The van der Waals surface area contributed by atoms with Gasteiger partial charge < -0.3 is 0 Å². The summed E-state index contributed by atoms with van der Waals surface area (Å²) in [6.07, 6.45) is 2.26. The second-order valence-corrected chi connectivity index (χ2v) is 3.47. The van der Waals surface area contributed by atoms with Gasteiger partial charge in [-0.3, -0.25) is 0 Å². The van der Waals surface area contributed by atoms with E-state index in [0.717, 1.165) is 12.8 Å². The van der Waals surface area contributed by atoms with Gasteiger partial charge in [-0.2, -0.15) is 0 Å². The third-order valence-electron chi connectivity index (χ3n) is 2.39. The summed E-state index contributed by atoms with van der Waals surface area (Å²) in [5.41, 5.74) is 2.83. The number of hydrogen-bond donors (Lipinski definition) is 0. The summed E-state index contributed by atoms with van der Waals surface area (Å²) >= 11 is 0. The molecule has 0 spiro atoms. The van der Waals surface area contributed by atoms with Crippen molar-refractivity contribution in [2.45, 2.75) is 12.8 Å². The molecule has 0 fully saturated rings. The molecule has 0 amide bonds. The predicted molar refractivity (Wildman–Crippen MR) is 74.6 cm³/mol. The van der Waals surface area contributed by atoms with Crippen LogP contribution < -0.4 is 0 Å². The summed E-state index contributed by atoms with van der Waals surface area (Å²) in [5, 5.41) is 0. The van der Waals surface area contributed by atoms with Crippen LogP contribution in [0.2, 0.25) is 0 Å². The summed E-state index contributed by atoms with van der Waals surface area (Å²) in [5.74, 6) is 0. The molecule has 0 aliphatic heterocycles. The van der Waals surface area contributed by atoms with Crippen molar-refractivity contribution in [3.05, 3.63) is 71.8 Å². The normalized spacial score (nSPS) is 8.75. The van der Waals surface area contributed by atoms with Crippen molar-refractivity contribution in [2.75, 3.05) is 0 Å². The molecule has 0 saturated heterocycles. The number of rotatable bonds is 3. The van der Waals surface area contributed by atoms with Crippen LogP contribution in [0.3, 0.4) is 0 Å². The Hall–Kier alpha value is -0.365. The Bertz CT molecular complexity index is 331. The molecule has 0 aromatic heterocycles. The van der Waals surface area contributed by atoms with Gasteiger partial charge in [0.1, 0.15) is 0 Å². The Morgan fingerprint density at radius 3 is 1.12 bits per heavy atom. The van der Waals surface area contributed by atoms with Gasteiger partial charge >= 0.3 is 37.7 Å². The monoisotopic (exact) mass is 198 g/mol. The molecule has 74 valence electrons. The molecule has 2 aromatic carbocycles. The van der Waals surface area contributed by atoms with Gasteiger partial charge in [0.25, 0.3) is 0 Å². The van der Waals surface area contributed by atoms with Crippen LogP contribution in [-0.2, 0) is 12.8 Å². The summed E-state index contributed by atoms with van der Waals surface area (Å²) < 4.78 is 0. The number of hydrogen-bond acceptors (Lipinski definition) is 0. The molecule has 2 rings (SSSR count). The smallest absolute Gasteiger partial charge is 0.0238 e. The SMILES string of the molecule is [LiH].[LiH].c1ccc(CCc2ccccc2)cc1. The minimum Gasteiger partial charge on any atom is -0.0622 e. The van der Waals surface area contributed by atoms with Gasteiger partial charge in [-0.25, -0.2) is 0 Å². The van der Waals surface area contributed by atoms with Crippen molar-refractivity contribution in [1.29, 1.82) is 0 Å². The van der Waals surface area contributed by atoms with Crippen molar-refractivity contribution in [1.82, 2.24) is 0 Å². The topological polar surface area (TPSA) is 0 Å². The first-order valence-corrected chi connectivity index (χ1v) is 5.03. The van der Waals surface area contributed by atoms with E-state index in [1.165, 1.54) is 11.1 Å². The molecule has 0 bridgehead atoms. The van der Waals surface area contributed by atoms with Gasteiger partial charge in [-0.05, 0) is 24.0 Å². The van der Waals surface area contributed by atoms with Crippen molar-refractivity contribution in [3.63, 3.8) is 0 Å². The van der Waals surface area contributed by atoms with Crippen LogP contribution in [0.1, 0.15) is 11.1 Å². The fourth-order valence-corrected chi connectivity index (χ4v) is 1.58. The standard InChI is InChI=1S/C14H14.2Li.2H/c1-3-7-13(8-4-1)11-12-14-9-5-2-6-10-14;;;;/h1-10H,11-12H2;;;;. The molecule has 2 heteroatoms. The summed E-state index contributed by atoms with van der Waals surface area (Å²) in [7, 11) is 0. The van der Waals surface area contributed by atoms with Gasteiger partial charge in [-0.15, -0.1) is 0 Å². The van der Waals surface area contributed by atoms with Gasteiger partial charge in [0.05, 0.1) is 0 Å². The zero-order chi connectivity index (χ0) is 9.64. The Kier molecular flexibility index (Phi) is 8.55. The molecule has 0 atom stereocenters. The molecule has 0 aliphatic rings. The van der Waals surface area contributed by atoms with Crippen LogP contribution in [0.5, 0.6) is 0 Å². The predicted octanol–water partition coefficient (Wildman–Crippen LogP) is 2.17. The Morgan fingerprint density at radius 2 is 0.812 bits per heavy atom. The van der Waals surface area contributed by atoms with Gasteiger partial charge in [0.2, 0.25) is 0 Å². The van der Waals surface area contributed by atoms with Crippen molar-refractivity contribution in [3.8, 4) is 0 Å². The molecule has 0 saturated carbocycles. The fourth-order valence-electron chi connectivity index (χ4n) is 1.58. The molecule has 0 N–H and O–H groups in total. The molecule has 0 heterocycles. The number of benzene rings is 2. The average Bonchev–Trinajstić information content (AvgIpc) is 2.29. The summed E-state index contributed by atoms with van der Waals surface area (Å²) in [6.45, 7) is 0. The summed E-state index contributed by atoms with van der Waals surface area (Å²) in [6, 6.07) is 21.2. The third-order valence-corrected chi connectivity index (χ3v) is 2.39. The molecule has 0 aliphatic carbocycles. The molecule has 0 unspecified atom stereocenters. The second-order valence-electron chi connectivity index (χ2n) is 3.47. The van der Waals surface area contributed by atoms with Gasteiger partial charge in [0, 0.05) is 0 Å². The van der Waals surface area contributed by atoms with E-state index in [-0.39, 0.29) is 37.7 Å². The van der Waals surface area contributed by atoms with Crippen LogP contribution >= 0.6 is 0 Å². The maximum absolute atomic E-state index is 2.18. The third kappa shape index (κ3) is 5.11. The van der Waals surface area contributed by atoms with Gasteiger partial charge in [0.15, 0.2) is 0 Å². The quantitative estimate of drug-likeness (QED) is 0.663. The van der Waals surface area contributed by atoms with E-state index in [4.69, 9.17) is 0 Å². The van der Waals surface area contributed by atoms with E-state index in [1.807, 2.05) is 0 Å². The Labute approximate surface area is 122 Å². The maximum Gasteiger partial charge on any atom is -0.0238 e. The summed E-state index contributed by atoms with van der Waals surface area (Å²) in [4.78, 5) is 0. The van der Waals surface area contributed by atoms with Crippen LogP contribution in [0.25, 0.3) is 0 Å². The van der Waals surface area contributed by atoms with E-state index >= 15 is 0 Å². The van der Waals surface area contributed by atoms with E-state index in [9.17, 15) is 0 Å². The Balaban J connectivity index is 0.00000112.